The van der Waals surface area contributed by atoms with E-state index in [1.165, 1.54) is 12.1 Å². The van der Waals surface area contributed by atoms with E-state index >= 15 is 0 Å². The van der Waals surface area contributed by atoms with Crippen LogP contribution in [0.3, 0.4) is 0 Å². The Kier molecular flexibility index (Phi) is 6.08. The van der Waals surface area contributed by atoms with Crippen molar-refractivity contribution in [2.75, 3.05) is 5.32 Å². The molecule has 0 radical (unpaired) electrons. The number of hydrogen-bond donors (Lipinski definition) is 2. The molecule has 4 nitrogen and oxygen atoms in total. The number of benzene rings is 2. The second-order valence-electron chi connectivity index (χ2n) is 6.26. The van der Waals surface area contributed by atoms with Gasteiger partial charge in [-0.1, -0.05) is 35.9 Å². The summed E-state index contributed by atoms with van der Waals surface area (Å²) in [6, 6.07) is 14.0. The fraction of sp³-hybridized carbons (Fsp3) is 0.200. The third kappa shape index (κ3) is 5.05. The van der Waals surface area contributed by atoms with Gasteiger partial charge in [0, 0.05) is 11.6 Å². The number of nitrogens with zero attached hydrogens (tertiary/aromatic N) is 2. The standard InChI is InChI=1S/C20H20ClFN4S/c1-13-19(24-20(27)23-11-15-5-9-18(22)10-6-15)14(2)26(25-13)12-16-3-7-17(21)8-4-16/h3-10H,11-12H2,1-2H3,(H2,23,24,27). The number of aryl methyl sites for hydroxylation is 1. The molecule has 0 atom stereocenters. The van der Waals surface area contributed by atoms with Crippen LogP contribution in [0.5, 0.6) is 0 Å². The van der Waals surface area contributed by atoms with Crippen molar-refractivity contribution in [1.82, 2.24) is 15.1 Å². The lowest BCUT2D eigenvalue weighted by Crippen LogP contribution is -2.28. The summed E-state index contributed by atoms with van der Waals surface area (Å²) < 4.78 is 14.9. The van der Waals surface area contributed by atoms with Crippen LogP contribution in [0.25, 0.3) is 0 Å². The highest BCUT2D eigenvalue weighted by atomic mass is 35.5. The Morgan fingerprint density at radius 3 is 2.37 bits per heavy atom. The maximum atomic E-state index is 13.0. The number of anilines is 1. The van der Waals surface area contributed by atoms with Gasteiger partial charge in [0.05, 0.1) is 23.6 Å². The monoisotopic (exact) mass is 402 g/mol. The van der Waals surface area contributed by atoms with Crippen molar-refractivity contribution in [2.45, 2.75) is 26.9 Å². The van der Waals surface area contributed by atoms with E-state index in [0.717, 1.165) is 28.2 Å². The Balaban J connectivity index is 1.64. The SMILES string of the molecule is Cc1nn(Cc2ccc(Cl)cc2)c(C)c1NC(=S)NCc1ccc(F)cc1. The highest BCUT2D eigenvalue weighted by molar-refractivity contribution is 7.80. The van der Waals surface area contributed by atoms with Gasteiger partial charge >= 0.3 is 0 Å². The fourth-order valence-corrected chi connectivity index (χ4v) is 3.04. The maximum absolute atomic E-state index is 13.0. The summed E-state index contributed by atoms with van der Waals surface area (Å²) in [6.07, 6.45) is 0. The second-order valence-corrected chi connectivity index (χ2v) is 7.11. The largest absolute Gasteiger partial charge is 0.358 e. The Bertz CT molecular complexity index is 936. The molecule has 0 aliphatic rings. The molecule has 0 saturated carbocycles. The van der Waals surface area contributed by atoms with Crippen LogP contribution in [-0.2, 0) is 13.1 Å². The molecule has 140 valence electrons. The topological polar surface area (TPSA) is 41.9 Å². The predicted octanol–water partition coefficient (Wildman–Crippen LogP) is 4.83. The van der Waals surface area contributed by atoms with E-state index in [2.05, 4.69) is 15.7 Å². The molecule has 0 bridgehead atoms. The molecule has 0 saturated heterocycles. The smallest absolute Gasteiger partial charge is 0.171 e. The Morgan fingerprint density at radius 1 is 1.07 bits per heavy atom. The molecule has 3 rings (SSSR count). The van der Waals surface area contributed by atoms with Crippen LogP contribution in [0.15, 0.2) is 48.5 Å². The van der Waals surface area contributed by atoms with Gasteiger partial charge in [0.25, 0.3) is 0 Å². The van der Waals surface area contributed by atoms with Crippen molar-refractivity contribution in [1.29, 1.82) is 0 Å². The van der Waals surface area contributed by atoms with Crippen LogP contribution in [0.4, 0.5) is 10.1 Å². The summed E-state index contributed by atoms with van der Waals surface area (Å²) in [7, 11) is 0. The van der Waals surface area contributed by atoms with Gasteiger partial charge in [-0.05, 0) is 61.5 Å². The third-order valence-electron chi connectivity index (χ3n) is 4.23. The molecule has 7 heteroatoms. The van der Waals surface area contributed by atoms with E-state index in [1.807, 2.05) is 42.8 Å². The summed E-state index contributed by atoms with van der Waals surface area (Å²) >= 11 is 11.3. The first-order chi connectivity index (χ1) is 12.9. The Labute approximate surface area is 168 Å². The molecule has 2 aromatic carbocycles. The minimum absolute atomic E-state index is 0.251. The zero-order valence-electron chi connectivity index (χ0n) is 15.1. The average molecular weight is 403 g/mol. The molecule has 0 aliphatic carbocycles. The molecule has 0 amide bonds. The molecule has 1 heterocycles. The maximum Gasteiger partial charge on any atom is 0.171 e. The van der Waals surface area contributed by atoms with Gasteiger partial charge in [0.1, 0.15) is 5.82 Å². The molecule has 0 spiro atoms. The van der Waals surface area contributed by atoms with Crippen LogP contribution in [0, 0.1) is 19.7 Å². The molecule has 2 N–H and O–H groups in total. The number of hydrogen-bond acceptors (Lipinski definition) is 2. The normalized spacial score (nSPS) is 10.7. The third-order valence-corrected chi connectivity index (χ3v) is 4.73. The van der Waals surface area contributed by atoms with Gasteiger partial charge in [0.15, 0.2) is 5.11 Å². The first-order valence-electron chi connectivity index (χ1n) is 8.50. The molecular weight excluding hydrogens is 383 g/mol. The summed E-state index contributed by atoms with van der Waals surface area (Å²) in [4.78, 5) is 0. The van der Waals surface area contributed by atoms with Gasteiger partial charge in [-0.2, -0.15) is 5.10 Å². The van der Waals surface area contributed by atoms with Crippen molar-refractivity contribution in [2.24, 2.45) is 0 Å². The highest BCUT2D eigenvalue weighted by Gasteiger charge is 2.13. The molecule has 0 unspecified atom stereocenters. The van der Waals surface area contributed by atoms with Crippen molar-refractivity contribution in [3.63, 3.8) is 0 Å². The fourth-order valence-electron chi connectivity index (χ4n) is 2.74. The summed E-state index contributed by atoms with van der Waals surface area (Å²) in [5, 5.41) is 12.2. The zero-order chi connectivity index (χ0) is 19.4. The summed E-state index contributed by atoms with van der Waals surface area (Å²) in [6.45, 7) is 5.11. The minimum atomic E-state index is -0.251. The van der Waals surface area contributed by atoms with Gasteiger partial charge in [0.2, 0.25) is 0 Å². The molecular formula is C20H20ClFN4S. The van der Waals surface area contributed by atoms with Gasteiger partial charge < -0.3 is 10.6 Å². The van der Waals surface area contributed by atoms with E-state index in [4.69, 9.17) is 23.8 Å². The number of thiocarbonyl (C=S) groups is 1. The Hall–Kier alpha value is -2.44. The molecule has 27 heavy (non-hydrogen) atoms. The first kappa shape index (κ1) is 19.3. The predicted molar refractivity (Wildman–Crippen MR) is 112 cm³/mol. The van der Waals surface area contributed by atoms with E-state index < -0.39 is 0 Å². The van der Waals surface area contributed by atoms with Crippen LogP contribution >= 0.6 is 23.8 Å². The molecule has 0 fully saturated rings. The van der Waals surface area contributed by atoms with Gasteiger partial charge in [-0.15, -0.1) is 0 Å². The van der Waals surface area contributed by atoms with Crippen molar-refractivity contribution < 1.29 is 4.39 Å². The Morgan fingerprint density at radius 2 is 1.70 bits per heavy atom. The highest BCUT2D eigenvalue weighted by Crippen LogP contribution is 2.21. The van der Waals surface area contributed by atoms with Crippen LogP contribution in [0.2, 0.25) is 5.02 Å². The van der Waals surface area contributed by atoms with E-state index in [1.54, 1.807) is 12.1 Å². The number of aromatic nitrogens is 2. The second kappa shape index (κ2) is 8.50. The van der Waals surface area contributed by atoms with Crippen LogP contribution in [0.1, 0.15) is 22.5 Å². The number of halogens is 2. The zero-order valence-corrected chi connectivity index (χ0v) is 16.7. The summed E-state index contributed by atoms with van der Waals surface area (Å²) in [5.74, 6) is -0.251. The van der Waals surface area contributed by atoms with Gasteiger partial charge in [-0.25, -0.2) is 4.39 Å². The minimum Gasteiger partial charge on any atom is -0.358 e. The molecule has 3 aromatic rings. The molecule has 0 aliphatic heterocycles. The van der Waals surface area contributed by atoms with E-state index in [0.29, 0.717) is 23.2 Å². The van der Waals surface area contributed by atoms with E-state index in [-0.39, 0.29) is 5.82 Å². The first-order valence-corrected chi connectivity index (χ1v) is 9.29. The van der Waals surface area contributed by atoms with E-state index in [9.17, 15) is 4.39 Å². The lowest BCUT2D eigenvalue weighted by Gasteiger charge is -2.11. The quantitative estimate of drug-likeness (QED) is 0.600. The van der Waals surface area contributed by atoms with Crippen LogP contribution < -0.4 is 10.6 Å². The average Bonchev–Trinajstić information content (AvgIpc) is 2.90. The van der Waals surface area contributed by atoms with Crippen molar-refractivity contribution in [3.8, 4) is 0 Å². The lowest BCUT2D eigenvalue weighted by atomic mass is 10.2. The summed E-state index contributed by atoms with van der Waals surface area (Å²) in [5.41, 5.74) is 4.82. The number of rotatable bonds is 5. The molecule has 1 aromatic heterocycles. The van der Waals surface area contributed by atoms with Gasteiger partial charge in [-0.3, -0.25) is 4.68 Å². The van der Waals surface area contributed by atoms with Crippen molar-refractivity contribution in [3.05, 3.63) is 81.9 Å². The van der Waals surface area contributed by atoms with Crippen molar-refractivity contribution >= 4 is 34.6 Å². The van der Waals surface area contributed by atoms with Crippen LogP contribution in [-0.4, -0.2) is 14.9 Å². The number of nitrogens with one attached hydrogen (secondary N) is 2. The lowest BCUT2D eigenvalue weighted by molar-refractivity contribution is 0.627.